The molecule has 3 N–H and O–H groups in total. The first-order valence-corrected chi connectivity index (χ1v) is 7.47. The van der Waals surface area contributed by atoms with Crippen molar-refractivity contribution in [1.82, 2.24) is 5.32 Å². The minimum Gasteiger partial charge on any atom is -0.508 e. The van der Waals surface area contributed by atoms with Crippen LogP contribution in [0.3, 0.4) is 0 Å². The number of aliphatic hydroxyl groups is 1. The zero-order valence-electron chi connectivity index (χ0n) is 12.9. The largest absolute Gasteiger partial charge is 0.508 e. The summed E-state index contributed by atoms with van der Waals surface area (Å²) >= 11 is 0. The lowest BCUT2D eigenvalue weighted by atomic mass is 9.93. The SMILES string of the molecule is C[C@@H](O)C[C@@H](CNC(=O)c1ccc(O)cc1F)c1ccccc1. The van der Waals surface area contributed by atoms with E-state index in [2.05, 4.69) is 5.32 Å². The van der Waals surface area contributed by atoms with E-state index in [1.165, 1.54) is 12.1 Å². The molecule has 0 aliphatic carbocycles. The zero-order valence-corrected chi connectivity index (χ0v) is 12.9. The number of amides is 1. The Morgan fingerprint density at radius 1 is 1.22 bits per heavy atom. The number of nitrogens with one attached hydrogen (secondary N) is 1. The third-order valence-corrected chi connectivity index (χ3v) is 3.60. The number of aliphatic hydroxyl groups excluding tert-OH is 1. The molecule has 0 aliphatic heterocycles. The minimum absolute atomic E-state index is 0.0691. The van der Waals surface area contributed by atoms with Gasteiger partial charge in [0.1, 0.15) is 11.6 Å². The van der Waals surface area contributed by atoms with Gasteiger partial charge in [-0.05, 0) is 31.0 Å². The van der Waals surface area contributed by atoms with Crippen molar-refractivity contribution in [3.8, 4) is 5.75 Å². The van der Waals surface area contributed by atoms with E-state index in [1.54, 1.807) is 6.92 Å². The van der Waals surface area contributed by atoms with Gasteiger partial charge in [0.15, 0.2) is 0 Å². The van der Waals surface area contributed by atoms with Crippen LogP contribution in [0.1, 0.15) is 35.2 Å². The molecule has 0 aliphatic rings. The number of hydrogen-bond donors (Lipinski definition) is 3. The second kappa shape index (κ2) is 7.74. The summed E-state index contributed by atoms with van der Waals surface area (Å²) in [4.78, 5) is 12.1. The molecule has 0 saturated heterocycles. The van der Waals surface area contributed by atoms with Crippen molar-refractivity contribution in [3.05, 3.63) is 65.5 Å². The van der Waals surface area contributed by atoms with Crippen LogP contribution < -0.4 is 5.32 Å². The normalized spacial score (nSPS) is 13.3. The van der Waals surface area contributed by atoms with Crippen LogP contribution in [0.25, 0.3) is 0 Å². The summed E-state index contributed by atoms with van der Waals surface area (Å²) in [7, 11) is 0. The van der Waals surface area contributed by atoms with E-state index in [9.17, 15) is 19.4 Å². The van der Waals surface area contributed by atoms with Crippen LogP contribution in [0.5, 0.6) is 5.75 Å². The van der Waals surface area contributed by atoms with Gasteiger partial charge in [0, 0.05) is 18.5 Å². The second-order valence-corrected chi connectivity index (χ2v) is 5.57. The van der Waals surface area contributed by atoms with Crippen LogP contribution in [0, 0.1) is 5.82 Å². The molecule has 2 aromatic carbocycles. The van der Waals surface area contributed by atoms with Crippen molar-refractivity contribution in [2.24, 2.45) is 0 Å². The molecule has 0 radical (unpaired) electrons. The molecule has 23 heavy (non-hydrogen) atoms. The zero-order chi connectivity index (χ0) is 16.8. The number of phenols is 1. The van der Waals surface area contributed by atoms with E-state index >= 15 is 0 Å². The Hall–Kier alpha value is -2.40. The molecule has 122 valence electrons. The number of aromatic hydroxyl groups is 1. The number of carbonyl (C=O) groups excluding carboxylic acids is 1. The van der Waals surface area contributed by atoms with Crippen LogP contribution in [-0.4, -0.2) is 28.8 Å². The molecule has 0 saturated carbocycles. The summed E-state index contributed by atoms with van der Waals surface area (Å²) in [6.07, 6.45) is -0.0231. The van der Waals surface area contributed by atoms with Crippen LogP contribution in [0.15, 0.2) is 48.5 Å². The molecule has 0 aromatic heterocycles. The van der Waals surface area contributed by atoms with Gasteiger partial charge in [-0.2, -0.15) is 0 Å². The Labute approximate surface area is 134 Å². The summed E-state index contributed by atoms with van der Waals surface area (Å²) in [5.74, 6) is -1.61. The van der Waals surface area contributed by atoms with E-state index in [0.717, 1.165) is 11.6 Å². The molecular weight excluding hydrogens is 297 g/mol. The molecule has 5 heteroatoms. The van der Waals surface area contributed by atoms with E-state index in [-0.39, 0.29) is 23.8 Å². The van der Waals surface area contributed by atoms with Crippen LogP contribution in [0.2, 0.25) is 0 Å². The average molecular weight is 317 g/mol. The molecule has 2 atom stereocenters. The van der Waals surface area contributed by atoms with E-state index in [4.69, 9.17) is 0 Å². The molecular formula is C18H20FNO3. The summed E-state index contributed by atoms with van der Waals surface area (Å²) in [5.41, 5.74) is 0.881. The van der Waals surface area contributed by atoms with E-state index in [0.29, 0.717) is 6.42 Å². The smallest absolute Gasteiger partial charge is 0.254 e. The van der Waals surface area contributed by atoms with Crippen LogP contribution >= 0.6 is 0 Å². The topological polar surface area (TPSA) is 69.6 Å². The van der Waals surface area contributed by atoms with Crippen molar-refractivity contribution in [2.45, 2.75) is 25.4 Å². The van der Waals surface area contributed by atoms with Gasteiger partial charge in [-0.1, -0.05) is 30.3 Å². The number of carbonyl (C=O) groups is 1. The fraction of sp³-hybridized carbons (Fsp3) is 0.278. The van der Waals surface area contributed by atoms with Gasteiger partial charge in [-0.3, -0.25) is 4.79 Å². The van der Waals surface area contributed by atoms with Crippen molar-refractivity contribution >= 4 is 5.91 Å². The molecule has 0 fully saturated rings. The summed E-state index contributed by atoms with van der Waals surface area (Å²) < 4.78 is 13.7. The molecule has 0 spiro atoms. The molecule has 0 bridgehead atoms. The predicted molar refractivity (Wildman–Crippen MR) is 85.9 cm³/mol. The Morgan fingerprint density at radius 2 is 1.91 bits per heavy atom. The van der Waals surface area contributed by atoms with E-state index < -0.39 is 17.8 Å². The van der Waals surface area contributed by atoms with Gasteiger partial charge in [-0.15, -0.1) is 0 Å². The maximum Gasteiger partial charge on any atom is 0.254 e. The maximum atomic E-state index is 13.7. The highest BCUT2D eigenvalue weighted by Gasteiger charge is 2.17. The van der Waals surface area contributed by atoms with Crippen LogP contribution in [0.4, 0.5) is 4.39 Å². The molecule has 0 heterocycles. The van der Waals surface area contributed by atoms with Gasteiger partial charge in [0.25, 0.3) is 5.91 Å². The highest BCUT2D eigenvalue weighted by molar-refractivity contribution is 5.94. The Kier molecular flexibility index (Phi) is 5.71. The van der Waals surface area contributed by atoms with E-state index in [1.807, 2.05) is 30.3 Å². The van der Waals surface area contributed by atoms with Crippen molar-refractivity contribution in [2.75, 3.05) is 6.54 Å². The average Bonchev–Trinajstić information content (AvgIpc) is 2.51. The first-order valence-electron chi connectivity index (χ1n) is 7.47. The summed E-state index contributed by atoms with van der Waals surface area (Å²) in [5, 5.41) is 21.5. The number of phenolic OH excluding ortho intramolecular Hbond substituents is 1. The monoisotopic (exact) mass is 317 g/mol. The number of hydrogen-bond acceptors (Lipinski definition) is 3. The molecule has 2 rings (SSSR count). The summed E-state index contributed by atoms with van der Waals surface area (Å²) in [6.45, 7) is 1.98. The van der Waals surface area contributed by atoms with Crippen molar-refractivity contribution in [3.63, 3.8) is 0 Å². The maximum absolute atomic E-state index is 13.7. The molecule has 1 amide bonds. The molecule has 0 unspecified atom stereocenters. The standard InChI is InChI=1S/C18H20FNO3/c1-12(21)9-14(13-5-3-2-4-6-13)11-20-18(23)16-8-7-15(22)10-17(16)19/h2-8,10,12,14,21-22H,9,11H2,1H3,(H,20,23)/t12-,14+/m1/s1. The summed E-state index contributed by atoms with van der Waals surface area (Å²) in [6, 6.07) is 13.0. The van der Waals surface area contributed by atoms with Crippen molar-refractivity contribution < 1.29 is 19.4 Å². The third kappa shape index (κ3) is 4.79. The highest BCUT2D eigenvalue weighted by Crippen LogP contribution is 2.21. The predicted octanol–water partition coefficient (Wildman–Crippen LogP) is 2.82. The van der Waals surface area contributed by atoms with Gasteiger partial charge in [-0.25, -0.2) is 4.39 Å². The third-order valence-electron chi connectivity index (χ3n) is 3.60. The molecule has 4 nitrogen and oxygen atoms in total. The number of halogens is 1. The quantitative estimate of drug-likeness (QED) is 0.767. The first-order chi connectivity index (χ1) is 11.0. The lowest BCUT2D eigenvalue weighted by Gasteiger charge is -2.19. The minimum atomic E-state index is -0.769. The lowest BCUT2D eigenvalue weighted by Crippen LogP contribution is -2.30. The van der Waals surface area contributed by atoms with Gasteiger partial charge in [0.05, 0.1) is 11.7 Å². The van der Waals surface area contributed by atoms with Gasteiger partial charge < -0.3 is 15.5 Å². The van der Waals surface area contributed by atoms with Crippen LogP contribution in [-0.2, 0) is 0 Å². The first kappa shape index (κ1) is 17.0. The highest BCUT2D eigenvalue weighted by atomic mass is 19.1. The van der Waals surface area contributed by atoms with Gasteiger partial charge in [0.2, 0.25) is 0 Å². The lowest BCUT2D eigenvalue weighted by molar-refractivity contribution is 0.0941. The fourth-order valence-electron chi connectivity index (χ4n) is 2.47. The Balaban J connectivity index is 2.07. The second-order valence-electron chi connectivity index (χ2n) is 5.57. The Bertz CT molecular complexity index is 659. The van der Waals surface area contributed by atoms with Crippen molar-refractivity contribution in [1.29, 1.82) is 0 Å². The number of rotatable bonds is 6. The molecule has 2 aromatic rings. The number of benzene rings is 2. The fourth-order valence-corrected chi connectivity index (χ4v) is 2.47. The van der Waals surface area contributed by atoms with Gasteiger partial charge >= 0.3 is 0 Å². The Morgan fingerprint density at radius 3 is 2.52 bits per heavy atom.